The summed E-state index contributed by atoms with van der Waals surface area (Å²) in [6.45, 7) is 12.7. The molecule has 164 valence electrons. The van der Waals surface area contributed by atoms with Gasteiger partial charge in [-0.05, 0) is 82.5 Å². The Balaban J connectivity index is 2.34. The van der Waals surface area contributed by atoms with Crippen molar-refractivity contribution in [1.29, 1.82) is 0 Å². The summed E-state index contributed by atoms with van der Waals surface area (Å²) in [5, 5.41) is 9.78. The van der Waals surface area contributed by atoms with Crippen LogP contribution in [-0.4, -0.2) is 41.7 Å². The Hall–Kier alpha value is -1.39. The van der Waals surface area contributed by atoms with E-state index >= 15 is 0 Å². The van der Waals surface area contributed by atoms with Crippen LogP contribution >= 0.6 is 0 Å². The van der Waals surface area contributed by atoms with Crippen LogP contribution in [0.25, 0.3) is 0 Å². The van der Waals surface area contributed by atoms with Gasteiger partial charge in [-0.3, -0.25) is 4.79 Å². The molecular formula is C25H41NO3. The molecule has 0 saturated heterocycles. The van der Waals surface area contributed by atoms with E-state index in [0.717, 1.165) is 38.1 Å². The van der Waals surface area contributed by atoms with Gasteiger partial charge in [0.15, 0.2) is 0 Å². The second-order valence-corrected chi connectivity index (χ2v) is 9.11. The lowest BCUT2D eigenvalue weighted by atomic mass is 9.74. The first kappa shape index (κ1) is 23.9. The minimum absolute atomic E-state index is 0.106. The molecule has 0 amide bonds. The number of ether oxygens (including phenoxy) is 1. The number of aliphatic hydroxyl groups excluding tert-OH is 1. The van der Waals surface area contributed by atoms with Gasteiger partial charge in [0.1, 0.15) is 5.76 Å². The number of nitrogens with zero attached hydrogens (tertiary/aromatic N) is 1. The van der Waals surface area contributed by atoms with Gasteiger partial charge in [0.25, 0.3) is 0 Å². The number of allylic oxidation sites excluding steroid dienone is 4. The van der Waals surface area contributed by atoms with Crippen LogP contribution in [0.3, 0.4) is 0 Å². The van der Waals surface area contributed by atoms with Crippen molar-refractivity contribution in [2.45, 2.75) is 72.8 Å². The largest absolute Gasteiger partial charge is 0.426 e. The number of carbonyl (C=O) groups excluding carboxylic acids is 1. The topological polar surface area (TPSA) is 49.8 Å². The van der Waals surface area contributed by atoms with Crippen LogP contribution in [0.15, 0.2) is 35.6 Å². The zero-order valence-electron chi connectivity index (χ0n) is 19.1. The van der Waals surface area contributed by atoms with Gasteiger partial charge in [0, 0.05) is 18.6 Å². The monoisotopic (exact) mass is 403 g/mol. The zero-order chi connectivity index (χ0) is 21.4. The molecule has 0 aromatic rings. The molecule has 4 heteroatoms. The SMILES string of the molecule is CCN(CCC(C1=C(OC(=O)C(C)C)C=CC(CO)C1)C1C=CCCC1)C(C)C. The molecule has 0 aromatic carbocycles. The smallest absolute Gasteiger partial charge is 0.313 e. The second-order valence-electron chi connectivity index (χ2n) is 9.11. The summed E-state index contributed by atoms with van der Waals surface area (Å²) < 4.78 is 5.85. The van der Waals surface area contributed by atoms with E-state index in [1.165, 1.54) is 18.4 Å². The molecule has 2 aliphatic rings. The van der Waals surface area contributed by atoms with Crippen molar-refractivity contribution < 1.29 is 14.6 Å². The molecule has 3 unspecified atom stereocenters. The molecule has 0 bridgehead atoms. The van der Waals surface area contributed by atoms with Gasteiger partial charge in [-0.25, -0.2) is 0 Å². The Morgan fingerprint density at radius 2 is 2.03 bits per heavy atom. The van der Waals surface area contributed by atoms with Crippen molar-refractivity contribution in [3.05, 3.63) is 35.6 Å². The van der Waals surface area contributed by atoms with Crippen LogP contribution in [0, 0.1) is 23.7 Å². The number of rotatable bonds is 10. The maximum absolute atomic E-state index is 12.3. The van der Waals surface area contributed by atoms with Crippen molar-refractivity contribution in [3.63, 3.8) is 0 Å². The van der Waals surface area contributed by atoms with Crippen LogP contribution in [0.4, 0.5) is 0 Å². The van der Waals surface area contributed by atoms with E-state index in [1.807, 2.05) is 26.0 Å². The molecule has 1 N–H and O–H groups in total. The minimum atomic E-state index is -0.181. The first-order chi connectivity index (χ1) is 13.9. The molecule has 2 aliphatic carbocycles. The summed E-state index contributed by atoms with van der Waals surface area (Å²) in [4.78, 5) is 14.8. The van der Waals surface area contributed by atoms with E-state index in [2.05, 4.69) is 37.8 Å². The molecule has 0 aliphatic heterocycles. The van der Waals surface area contributed by atoms with E-state index in [4.69, 9.17) is 4.74 Å². The van der Waals surface area contributed by atoms with Crippen LogP contribution in [0.5, 0.6) is 0 Å². The van der Waals surface area contributed by atoms with Crippen molar-refractivity contribution in [2.24, 2.45) is 23.7 Å². The summed E-state index contributed by atoms with van der Waals surface area (Å²) in [6, 6.07) is 0.520. The molecule has 0 aromatic heterocycles. The normalized spacial score (nSPS) is 23.3. The number of carbonyl (C=O) groups is 1. The summed E-state index contributed by atoms with van der Waals surface area (Å²) in [5.74, 6) is 1.31. The van der Waals surface area contributed by atoms with Crippen molar-refractivity contribution in [1.82, 2.24) is 4.90 Å². The lowest BCUT2D eigenvalue weighted by Gasteiger charge is -2.35. The third-order valence-corrected chi connectivity index (χ3v) is 6.35. The minimum Gasteiger partial charge on any atom is -0.426 e. The second kappa shape index (κ2) is 11.7. The first-order valence-electron chi connectivity index (χ1n) is 11.5. The van der Waals surface area contributed by atoms with Gasteiger partial charge < -0.3 is 14.7 Å². The highest BCUT2D eigenvalue weighted by Gasteiger charge is 2.31. The molecule has 0 radical (unpaired) electrons. The number of aliphatic hydroxyl groups is 1. The molecule has 2 rings (SSSR count). The summed E-state index contributed by atoms with van der Waals surface area (Å²) in [7, 11) is 0. The molecule has 0 fully saturated rings. The average Bonchev–Trinajstić information content (AvgIpc) is 2.72. The molecule has 0 spiro atoms. The number of esters is 1. The third-order valence-electron chi connectivity index (χ3n) is 6.35. The van der Waals surface area contributed by atoms with Gasteiger partial charge >= 0.3 is 5.97 Å². The standard InChI is InChI=1S/C25H41NO3/c1-6-26(19(4)5)15-14-22(21-10-8-7-9-11-21)23-16-20(17-27)12-13-24(23)29-25(28)18(2)3/h8,10,12-13,18-22,27H,6-7,9,11,14-17H2,1-5H3. The summed E-state index contributed by atoms with van der Waals surface area (Å²) >= 11 is 0. The fourth-order valence-corrected chi connectivity index (χ4v) is 4.47. The Labute approximate surface area is 177 Å². The molecule has 0 heterocycles. The maximum Gasteiger partial charge on any atom is 0.313 e. The lowest BCUT2D eigenvalue weighted by Crippen LogP contribution is -2.34. The van der Waals surface area contributed by atoms with E-state index in [-0.39, 0.29) is 24.4 Å². The van der Waals surface area contributed by atoms with E-state index in [0.29, 0.717) is 17.9 Å². The molecular weight excluding hydrogens is 362 g/mol. The van der Waals surface area contributed by atoms with E-state index in [1.54, 1.807) is 0 Å². The average molecular weight is 404 g/mol. The van der Waals surface area contributed by atoms with E-state index < -0.39 is 0 Å². The van der Waals surface area contributed by atoms with Crippen LogP contribution in [0.2, 0.25) is 0 Å². The van der Waals surface area contributed by atoms with E-state index in [9.17, 15) is 9.90 Å². The number of hydrogen-bond donors (Lipinski definition) is 1. The highest BCUT2D eigenvalue weighted by molar-refractivity contribution is 5.73. The summed E-state index contributed by atoms with van der Waals surface area (Å²) in [5.41, 5.74) is 1.22. The summed E-state index contributed by atoms with van der Waals surface area (Å²) in [6.07, 6.45) is 14.0. The lowest BCUT2D eigenvalue weighted by molar-refractivity contribution is -0.142. The zero-order valence-corrected chi connectivity index (χ0v) is 19.1. The molecule has 29 heavy (non-hydrogen) atoms. The highest BCUT2D eigenvalue weighted by Crippen LogP contribution is 2.39. The third kappa shape index (κ3) is 6.82. The predicted octanol–water partition coefficient (Wildman–Crippen LogP) is 5.10. The van der Waals surface area contributed by atoms with Gasteiger partial charge in [-0.2, -0.15) is 0 Å². The number of hydrogen-bond acceptors (Lipinski definition) is 4. The van der Waals surface area contributed by atoms with Crippen LogP contribution < -0.4 is 0 Å². The van der Waals surface area contributed by atoms with Crippen LogP contribution in [0.1, 0.15) is 66.7 Å². The first-order valence-corrected chi connectivity index (χ1v) is 11.5. The van der Waals surface area contributed by atoms with Crippen molar-refractivity contribution in [3.8, 4) is 0 Å². The predicted molar refractivity (Wildman–Crippen MR) is 119 cm³/mol. The van der Waals surface area contributed by atoms with Gasteiger partial charge in [-0.1, -0.05) is 39.0 Å². The maximum atomic E-state index is 12.3. The van der Waals surface area contributed by atoms with Gasteiger partial charge in [-0.15, -0.1) is 0 Å². The van der Waals surface area contributed by atoms with Gasteiger partial charge in [0.05, 0.1) is 5.92 Å². The quantitative estimate of drug-likeness (QED) is 0.407. The fourth-order valence-electron chi connectivity index (χ4n) is 4.47. The molecule has 3 atom stereocenters. The van der Waals surface area contributed by atoms with Crippen molar-refractivity contribution in [2.75, 3.05) is 19.7 Å². The molecule has 4 nitrogen and oxygen atoms in total. The Morgan fingerprint density at radius 1 is 1.28 bits per heavy atom. The Kier molecular flexibility index (Phi) is 9.64. The fraction of sp³-hybridized carbons (Fsp3) is 0.720. The highest BCUT2D eigenvalue weighted by atomic mass is 16.5. The Morgan fingerprint density at radius 3 is 2.59 bits per heavy atom. The van der Waals surface area contributed by atoms with Crippen LogP contribution in [-0.2, 0) is 9.53 Å². The van der Waals surface area contributed by atoms with Crippen molar-refractivity contribution >= 4 is 5.97 Å². The van der Waals surface area contributed by atoms with Gasteiger partial charge in [0.2, 0.25) is 0 Å². The Bertz CT molecular complexity index is 618. The molecule has 0 saturated carbocycles.